The molecule has 11 nitrogen and oxygen atoms in total. The van der Waals surface area contributed by atoms with E-state index in [2.05, 4.69) is 43.2 Å². The zero-order valence-electron chi connectivity index (χ0n) is 21.5. The predicted molar refractivity (Wildman–Crippen MR) is 149 cm³/mol. The number of benzene rings is 1. The molecule has 0 aliphatic heterocycles. The summed E-state index contributed by atoms with van der Waals surface area (Å²) < 4.78 is 0. The molecule has 4 rings (SSSR count). The molecule has 1 saturated carbocycles. The minimum absolute atomic E-state index is 0.182. The van der Waals surface area contributed by atoms with Crippen LogP contribution >= 0.6 is 0 Å². The van der Waals surface area contributed by atoms with Crippen LogP contribution in [0.25, 0.3) is 0 Å². The van der Waals surface area contributed by atoms with Gasteiger partial charge in [0, 0.05) is 23.4 Å². The second-order valence-corrected chi connectivity index (χ2v) is 8.65. The van der Waals surface area contributed by atoms with Crippen LogP contribution in [0.2, 0.25) is 0 Å². The van der Waals surface area contributed by atoms with Crippen LogP contribution in [0.15, 0.2) is 48.9 Å². The van der Waals surface area contributed by atoms with Crippen molar-refractivity contribution in [1.29, 1.82) is 10.7 Å². The first-order valence-corrected chi connectivity index (χ1v) is 12.3. The van der Waals surface area contributed by atoms with E-state index in [4.69, 9.17) is 16.4 Å². The maximum absolute atomic E-state index is 12.6. The van der Waals surface area contributed by atoms with Crippen LogP contribution in [0.1, 0.15) is 66.1 Å². The standard InChI is InChI=1S/C24H24N8O.C4H5NO/c25-13-15-10-11-28-19(12-15)32-24(33)17-8-6-16(7-9-17)21(26)20-22(27)29-14-30-23(20)31-18-4-2-1-3-5-18;1-2-3-4(5)6/h6-12,14,18,26H,1-5H2,(H,28,32,33)(H3,27,29,30,31);1H3,(H2,5,6). The molecule has 7 N–H and O–H groups in total. The number of nitrogen functional groups attached to an aromatic ring is 1. The number of anilines is 3. The molecule has 3 aromatic rings. The van der Waals surface area contributed by atoms with E-state index in [-0.39, 0.29) is 17.4 Å². The lowest BCUT2D eigenvalue weighted by Crippen LogP contribution is -2.25. The lowest BCUT2D eigenvalue weighted by Gasteiger charge is -2.24. The summed E-state index contributed by atoms with van der Waals surface area (Å²) in [5, 5.41) is 23.8. The second kappa shape index (κ2) is 13.9. The number of hydrogen-bond acceptors (Lipinski definition) is 9. The molecule has 0 atom stereocenters. The first kappa shape index (κ1) is 28.3. The van der Waals surface area contributed by atoms with E-state index in [1.54, 1.807) is 37.3 Å². The fourth-order valence-corrected chi connectivity index (χ4v) is 4.01. The average Bonchev–Trinajstić information content (AvgIpc) is 2.94. The fourth-order valence-electron chi connectivity index (χ4n) is 4.01. The van der Waals surface area contributed by atoms with Crippen molar-refractivity contribution in [3.63, 3.8) is 0 Å². The van der Waals surface area contributed by atoms with Gasteiger partial charge in [0.1, 0.15) is 23.8 Å². The summed E-state index contributed by atoms with van der Waals surface area (Å²) in [6.07, 6.45) is 8.57. The summed E-state index contributed by atoms with van der Waals surface area (Å²) >= 11 is 0. The highest BCUT2D eigenvalue weighted by atomic mass is 16.2. The predicted octanol–water partition coefficient (Wildman–Crippen LogP) is 3.23. The molecule has 198 valence electrons. The van der Waals surface area contributed by atoms with Gasteiger partial charge in [-0.3, -0.25) is 15.0 Å². The molecule has 1 aliphatic carbocycles. The molecular weight excluding hydrogens is 494 g/mol. The third-order valence-electron chi connectivity index (χ3n) is 5.89. The summed E-state index contributed by atoms with van der Waals surface area (Å²) in [6, 6.07) is 12.0. The molecule has 0 spiro atoms. The molecule has 39 heavy (non-hydrogen) atoms. The van der Waals surface area contributed by atoms with Crippen molar-refractivity contribution in [3.8, 4) is 17.9 Å². The molecule has 1 fully saturated rings. The Hall–Kier alpha value is -5.29. The van der Waals surface area contributed by atoms with Gasteiger partial charge in [0.05, 0.1) is 22.9 Å². The van der Waals surface area contributed by atoms with E-state index in [9.17, 15) is 9.59 Å². The third kappa shape index (κ3) is 8.10. The molecule has 0 bridgehead atoms. The number of nitrogens with one attached hydrogen (secondary N) is 3. The van der Waals surface area contributed by atoms with Crippen molar-refractivity contribution < 1.29 is 9.59 Å². The largest absolute Gasteiger partial charge is 0.383 e. The lowest BCUT2D eigenvalue weighted by molar-refractivity contribution is -0.112. The highest BCUT2D eigenvalue weighted by molar-refractivity contribution is 6.16. The van der Waals surface area contributed by atoms with Gasteiger partial charge < -0.3 is 22.1 Å². The number of hydrogen-bond donors (Lipinski definition) is 5. The SMILES string of the molecule is CC#CC(N)=O.N#Cc1ccnc(NC(=O)c2ccc(C(=N)c3c(N)ncnc3NC3CCCCC3)cc2)c1. The van der Waals surface area contributed by atoms with Gasteiger partial charge in [0.25, 0.3) is 11.8 Å². The zero-order chi connectivity index (χ0) is 28.2. The molecule has 1 aliphatic rings. The number of nitriles is 1. The van der Waals surface area contributed by atoms with Crippen molar-refractivity contribution in [2.24, 2.45) is 5.73 Å². The zero-order valence-corrected chi connectivity index (χ0v) is 21.5. The number of nitrogens with two attached hydrogens (primary N) is 2. The molecule has 0 radical (unpaired) electrons. The smallest absolute Gasteiger partial charge is 0.293 e. The van der Waals surface area contributed by atoms with Gasteiger partial charge in [-0.15, -0.1) is 0 Å². The third-order valence-corrected chi connectivity index (χ3v) is 5.89. The lowest BCUT2D eigenvalue weighted by atomic mass is 9.95. The van der Waals surface area contributed by atoms with E-state index in [1.807, 2.05) is 6.07 Å². The van der Waals surface area contributed by atoms with E-state index in [0.717, 1.165) is 12.8 Å². The van der Waals surface area contributed by atoms with Crippen LogP contribution in [0.4, 0.5) is 17.5 Å². The summed E-state index contributed by atoms with van der Waals surface area (Å²) in [7, 11) is 0. The van der Waals surface area contributed by atoms with Gasteiger partial charge in [-0.1, -0.05) is 37.3 Å². The van der Waals surface area contributed by atoms with Crippen LogP contribution in [-0.4, -0.2) is 38.5 Å². The van der Waals surface area contributed by atoms with Gasteiger partial charge in [0.15, 0.2) is 0 Å². The summed E-state index contributed by atoms with van der Waals surface area (Å²) in [5.41, 5.74) is 12.7. The Bertz CT molecular complexity index is 1440. The van der Waals surface area contributed by atoms with E-state index in [0.29, 0.717) is 39.9 Å². The minimum atomic E-state index is -0.572. The number of primary amides is 1. The molecule has 11 heteroatoms. The monoisotopic (exact) mass is 523 g/mol. The van der Waals surface area contributed by atoms with Crippen molar-refractivity contribution in [3.05, 3.63) is 71.2 Å². The Morgan fingerprint density at radius 3 is 2.36 bits per heavy atom. The summed E-state index contributed by atoms with van der Waals surface area (Å²) in [6.45, 7) is 1.56. The average molecular weight is 524 g/mol. The Morgan fingerprint density at radius 1 is 1.05 bits per heavy atom. The van der Waals surface area contributed by atoms with Crippen molar-refractivity contribution in [1.82, 2.24) is 15.0 Å². The highest BCUT2D eigenvalue weighted by Gasteiger charge is 2.20. The Kier molecular flexibility index (Phi) is 10.1. The molecule has 0 unspecified atom stereocenters. The molecule has 2 aromatic heterocycles. The Labute approximate surface area is 226 Å². The Morgan fingerprint density at radius 2 is 1.74 bits per heavy atom. The topological polar surface area (TPSA) is 197 Å². The summed E-state index contributed by atoms with van der Waals surface area (Å²) in [4.78, 5) is 34.7. The fraction of sp³-hybridized carbons (Fsp3) is 0.250. The van der Waals surface area contributed by atoms with E-state index >= 15 is 0 Å². The first-order valence-electron chi connectivity index (χ1n) is 12.3. The van der Waals surface area contributed by atoms with Crippen molar-refractivity contribution in [2.75, 3.05) is 16.4 Å². The highest BCUT2D eigenvalue weighted by Crippen LogP contribution is 2.26. The number of carbonyl (C=O) groups is 2. The quantitative estimate of drug-likeness (QED) is 0.240. The van der Waals surface area contributed by atoms with Gasteiger partial charge in [-0.2, -0.15) is 5.26 Å². The second-order valence-electron chi connectivity index (χ2n) is 8.65. The normalized spacial score (nSPS) is 12.4. The number of nitrogens with zero attached hydrogens (tertiary/aromatic N) is 4. The number of carbonyl (C=O) groups excluding carboxylic acids is 2. The minimum Gasteiger partial charge on any atom is -0.383 e. The molecule has 2 heterocycles. The Balaban J connectivity index is 0.000000631. The number of rotatable bonds is 6. The molecular formula is C28H29N9O2. The van der Waals surface area contributed by atoms with Crippen LogP contribution < -0.4 is 22.1 Å². The van der Waals surface area contributed by atoms with Crippen LogP contribution in [0.3, 0.4) is 0 Å². The van der Waals surface area contributed by atoms with Crippen LogP contribution in [0, 0.1) is 28.6 Å². The number of pyridine rings is 1. The maximum atomic E-state index is 12.6. The van der Waals surface area contributed by atoms with Crippen LogP contribution in [0.5, 0.6) is 0 Å². The van der Waals surface area contributed by atoms with Gasteiger partial charge >= 0.3 is 0 Å². The molecule has 2 amide bonds. The maximum Gasteiger partial charge on any atom is 0.293 e. The van der Waals surface area contributed by atoms with E-state index in [1.165, 1.54) is 37.9 Å². The first-order chi connectivity index (χ1) is 18.8. The molecule has 1 aromatic carbocycles. The van der Waals surface area contributed by atoms with Gasteiger partial charge in [-0.25, -0.2) is 15.0 Å². The van der Waals surface area contributed by atoms with Gasteiger partial charge in [0.2, 0.25) is 0 Å². The summed E-state index contributed by atoms with van der Waals surface area (Å²) in [5.74, 6) is 4.59. The van der Waals surface area contributed by atoms with Crippen LogP contribution in [-0.2, 0) is 4.79 Å². The van der Waals surface area contributed by atoms with Gasteiger partial charge in [-0.05, 0) is 50.0 Å². The van der Waals surface area contributed by atoms with Crippen molar-refractivity contribution >= 4 is 35.0 Å². The van der Waals surface area contributed by atoms with Crippen molar-refractivity contribution in [2.45, 2.75) is 45.1 Å². The number of aromatic nitrogens is 3. The van der Waals surface area contributed by atoms with E-state index < -0.39 is 5.91 Å². The number of amides is 2. The molecule has 0 saturated heterocycles.